The maximum atomic E-state index is 5.44. The summed E-state index contributed by atoms with van der Waals surface area (Å²) in [4.78, 5) is 43.5. The lowest BCUT2D eigenvalue weighted by Crippen LogP contribution is -1.91. The number of hydrogen-bond acceptors (Lipinski definition) is 14. The van der Waals surface area contributed by atoms with Gasteiger partial charge in [0.1, 0.15) is 52.0 Å². The summed E-state index contributed by atoms with van der Waals surface area (Å²) in [6.45, 7) is 24.4. The molecule has 22 rings (SSSR count). The number of nitrogens with zero attached hydrogens (tertiary/aromatic N) is 11. The highest BCUT2D eigenvalue weighted by Gasteiger charge is 2.33. The minimum absolute atomic E-state index is 0.559. The van der Waals surface area contributed by atoms with Crippen LogP contribution in [0.4, 0.5) is 0 Å². The quantitative estimate of drug-likeness (QED) is 0.0888. The van der Waals surface area contributed by atoms with Gasteiger partial charge in [-0.3, -0.25) is 9.38 Å². The fourth-order valence-electron chi connectivity index (χ4n) is 16.4. The molecular weight excluding hydrogens is 1380 g/mol. The zero-order valence-electron chi connectivity index (χ0n) is 64.5. The van der Waals surface area contributed by atoms with Crippen molar-refractivity contribution in [2.45, 2.75) is 158 Å². The summed E-state index contributed by atoms with van der Waals surface area (Å²) in [6, 6.07) is 47.2. The van der Waals surface area contributed by atoms with E-state index in [4.69, 9.17) is 38.0 Å². The summed E-state index contributed by atoms with van der Waals surface area (Å²) < 4.78 is 23.8. The molecule has 0 unspecified atom stereocenters. The van der Waals surface area contributed by atoms with Crippen molar-refractivity contribution >= 4 is 60.7 Å². The molecule has 4 N–H and O–H groups in total. The van der Waals surface area contributed by atoms with Gasteiger partial charge in [0.25, 0.3) is 0 Å². The van der Waals surface area contributed by atoms with Gasteiger partial charge in [0.2, 0.25) is 0 Å². The summed E-state index contributed by atoms with van der Waals surface area (Å²) in [5.74, 6) is 10.0. The van der Waals surface area contributed by atoms with E-state index < -0.39 is 0 Å². The van der Waals surface area contributed by atoms with Gasteiger partial charge in [-0.25, -0.2) is 24.9 Å². The summed E-state index contributed by atoms with van der Waals surface area (Å²) in [5.41, 5.74) is 36.7. The van der Waals surface area contributed by atoms with E-state index in [2.05, 4.69) is 192 Å². The molecule has 4 aliphatic carbocycles. The maximum absolute atomic E-state index is 5.44. The Balaban J connectivity index is 0.0000001000. The van der Waals surface area contributed by atoms with E-state index in [0.717, 1.165) is 202 Å². The first kappa shape index (κ1) is 68.9. The summed E-state index contributed by atoms with van der Waals surface area (Å²) in [7, 11) is 0. The van der Waals surface area contributed by atoms with Crippen LogP contribution in [0.1, 0.15) is 166 Å². The molecule has 0 amide bonds. The molecular formula is C92H85N15O4. The molecule has 4 saturated carbocycles. The van der Waals surface area contributed by atoms with E-state index >= 15 is 0 Å². The maximum Gasteiger partial charge on any atom is 0.141 e. The highest BCUT2D eigenvalue weighted by molar-refractivity contribution is 6.05. The van der Waals surface area contributed by atoms with Gasteiger partial charge >= 0.3 is 0 Å². The van der Waals surface area contributed by atoms with Crippen LogP contribution in [0.5, 0.6) is 0 Å². The van der Waals surface area contributed by atoms with Gasteiger partial charge in [0.05, 0.1) is 84.3 Å². The number of nitrogens with one attached hydrogen (secondary N) is 4. The van der Waals surface area contributed by atoms with Crippen LogP contribution in [0.15, 0.2) is 170 Å². The molecule has 19 heteroatoms. The normalized spacial score (nSPS) is 14.2. The second-order valence-electron chi connectivity index (χ2n) is 31.1. The number of benzene rings is 7. The van der Waals surface area contributed by atoms with Crippen LogP contribution >= 0.6 is 0 Å². The van der Waals surface area contributed by atoms with Crippen LogP contribution in [-0.2, 0) is 0 Å². The SMILES string of the molecule is Cc1cc(C)cc(-c2cc(-c3c(C)noc3C)cc3[nH]c(C4CC4)nc23)c1.Cc1cccc(-c2cc(-c3c(C)noc3C)cc3[nH]c(C4CC4)nc23)c1C.Cc1noc(C)c1-c1cc(-c2cccc3cccnc23)c2nc(C3CC3)[nH]c2c1.Cc1noc(C)c1-c1cc(-c2cnc3ccccn23)c2nc(C3CC3)[nH]c2c1. The molecule has 552 valence electrons. The molecule has 18 aromatic rings. The van der Waals surface area contributed by atoms with Gasteiger partial charge in [-0.2, -0.15) is 0 Å². The van der Waals surface area contributed by atoms with Gasteiger partial charge in [0.15, 0.2) is 0 Å². The Morgan fingerprint density at radius 2 is 0.739 bits per heavy atom. The number of aryl methyl sites for hydroxylation is 11. The van der Waals surface area contributed by atoms with Crippen LogP contribution in [0, 0.1) is 83.1 Å². The molecule has 0 aliphatic heterocycles. The number of rotatable bonds is 12. The van der Waals surface area contributed by atoms with E-state index in [1.807, 2.05) is 98.2 Å². The zero-order valence-corrected chi connectivity index (χ0v) is 64.5. The Kier molecular flexibility index (Phi) is 16.9. The minimum Gasteiger partial charge on any atom is -0.361 e. The summed E-state index contributed by atoms with van der Waals surface area (Å²) >= 11 is 0. The van der Waals surface area contributed by atoms with Crippen molar-refractivity contribution in [1.82, 2.24) is 74.9 Å². The first-order valence-electron chi connectivity index (χ1n) is 38.7. The largest absolute Gasteiger partial charge is 0.361 e. The molecule has 0 atom stereocenters. The topological polar surface area (TPSA) is 249 Å². The third-order valence-electron chi connectivity index (χ3n) is 22.6. The Morgan fingerprint density at radius 3 is 1.18 bits per heavy atom. The van der Waals surface area contributed by atoms with Crippen LogP contribution in [-0.4, -0.2) is 74.9 Å². The number of imidazole rings is 5. The van der Waals surface area contributed by atoms with Crippen molar-refractivity contribution in [2.75, 3.05) is 0 Å². The molecule has 0 radical (unpaired) electrons. The standard InChI is InChI=1S/C24H20N4O.2C23H23N3O.C22H19N5O/c1-13-21(14(2)29-28-13)17-11-19(18-7-3-5-15-6-4-10-25-22(15)18)23-20(12-17)26-24(27-23)16-8-9-16;1-12-7-13(2)9-17(8-12)19-10-18(21-14(3)26-27-15(21)4)11-20-22(19)25-23(24-20)16-5-6-16;1-12-6-5-7-18(13(12)2)19-10-17(21-14(3)26-27-15(21)4)11-20-22(19)25-23(24-20)16-8-9-16;1-12-20(13(2)28-26-12)15-9-16(18-11-23-19-5-3-4-8-27(18)19)21-17(10-15)24-22(25-21)14-6-7-14/h3-7,10-12,16H,8-9H2,1-2H3,(H,26,27);7-11,16H,5-6H2,1-4H3,(H,24,25);5-7,10-11,16H,8-9H2,1-4H3,(H,24,25);3-5,8-11,14H,6-7H2,1-2H3,(H,24,25). The second-order valence-corrected chi connectivity index (χ2v) is 31.1. The number of hydrogen-bond donors (Lipinski definition) is 4. The molecule has 111 heavy (non-hydrogen) atoms. The Labute approximate surface area is 640 Å². The van der Waals surface area contributed by atoms with Crippen molar-refractivity contribution in [2.24, 2.45) is 0 Å². The lowest BCUT2D eigenvalue weighted by molar-refractivity contribution is 0.393. The van der Waals surface area contributed by atoms with E-state index in [9.17, 15) is 0 Å². The lowest BCUT2D eigenvalue weighted by atomic mass is 9.93. The zero-order chi connectivity index (χ0) is 75.8. The Bertz CT molecular complexity index is 6600. The molecule has 0 bridgehead atoms. The molecule has 7 aromatic carbocycles. The fraction of sp³-hybridized carbons (Fsp3) is 0.261. The Hall–Kier alpha value is -12.6. The first-order valence-corrected chi connectivity index (χ1v) is 38.7. The van der Waals surface area contributed by atoms with E-state index in [1.54, 1.807) is 0 Å². The third kappa shape index (κ3) is 12.9. The van der Waals surface area contributed by atoms with Crippen molar-refractivity contribution < 1.29 is 18.1 Å². The van der Waals surface area contributed by atoms with Crippen LogP contribution in [0.2, 0.25) is 0 Å². The summed E-state index contributed by atoms with van der Waals surface area (Å²) in [5, 5.41) is 17.7. The average molecular weight is 1460 g/mol. The molecule has 0 spiro atoms. The van der Waals surface area contributed by atoms with E-state index in [1.165, 1.54) is 90.3 Å². The van der Waals surface area contributed by atoms with Crippen molar-refractivity contribution in [3.8, 4) is 89.1 Å². The summed E-state index contributed by atoms with van der Waals surface area (Å²) in [6.07, 6.45) is 15.6. The van der Waals surface area contributed by atoms with E-state index in [-0.39, 0.29) is 0 Å². The van der Waals surface area contributed by atoms with Gasteiger partial charge in [0, 0.05) is 91.5 Å². The third-order valence-corrected chi connectivity index (χ3v) is 22.6. The number of pyridine rings is 2. The molecule has 4 fully saturated rings. The van der Waals surface area contributed by atoms with Crippen molar-refractivity contribution in [3.63, 3.8) is 0 Å². The predicted molar refractivity (Wildman–Crippen MR) is 437 cm³/mol. The second kappa shape index (κ2) is 27.2. The lowest BCUT2D eigenvalue weighted by Gasteiger charge is -2.11. The number of aromatic nitrogens is 15. The Morgan fingerprint density at radius 1 is 0.342 bits per heavy atom. The van der Waals surface area contributed by atoms with Gasteiger partial charge in [-0.05, 0) is 246 Å². The van der Waals surface area contributed by atoms with Crippen LogP contribution in [0.25, 0.3) is 150 Å². The number of para-hydroxylation sites is 1. The first-order chi connectivity index (χ1) is 53.9. The number of H-pyrrole nitrogens is 4. The van der Waals surface area contributed by atoms with E-state index in [0.29, 0.717) is 23.7 Å². The monoisotopic (exact) mass is 1460 g/mol. The molecule has 11 heterocycles. The number of aromatic amines is 4. The average Bonchev–Trinajstić information content (AvgIpc) is 1.63. The fourth-order valence-corrected chi connectivity index (χ4v) is 16.4. The van der Waals surface area contributed by atoms with Gasteiger partial charge < -0.3 is 38.0 Å². The van der Waals surface area contributed by atoms with Gasteiger partial charge in [-0.15, -0.1) is 0 Å². The molecule has 19 nitrogen and oxygen atoms in total. The highest BCUT2D eigenvalue weighted by atomic mass is 16.5. The smallest absolute Gasteiger partial charge is 0.141 e. The molecule has 4 aliphatic rings. The van der Waals surface area contributed by atoms with Crippen molar-refractivity contribution in [1.29, 1.82) is 0 Å². The van der Waals surface area contributed by atoms with Crippen LogP contribution in [0.3, 0.4) is 0 Å². The highest BCUT2D eigenvalue weighted by Crippen LogP contribution is 2.48. The van der Waals surface area contributed by atoms with Gasteiger partial charge in [-0.1, -0.05) is 98.5 Å². The minimum atomic E-state index is 0.559. The molecule has 0 saturated heterocycles. The number of fused-ring (bicyclic) bond motifs is 6. The molecule has 11 aromatic heterocycles. The van der Waals surface area contributed by atoms with Crippen molar-refractivity contribution in [3.05, 3.63) is 243 Å². The van der Waals surface area contributed by atoms with Crippen LogP contribution < -0.4 is 0 Å². The predicted octanol–water partition coefficient (Wildman–Crippen LogP) is 22.9.